The first kappa shape index (κ1) is 29.8. The van der Waals surface area contributed by atoms with Crippen molar-refractivity contribution in [3.05, 3.63) is 85.9 Å². The Morgan fingerprint density at radius 1 is 1.05 bits per heavy atom. The number of imide groups is 2. The average molecular weight is 641 g/mol. The zero-order chi connectivity index (χ0) is 29.8. The summed E-state index contributed by atoms with van der Waals surface area (Å²) in [5, 5.41) is 5.38. The van der Waals surface area contributed by atoms with E-state index in [0.29, 0.717) is 26.3 Å². The molecular weight excluding hydrogens is 614 g/mol. The van der Waals surface area contributed by atoms with Gasteiger partial charge in [0.2, 0.25) is 0 Å². The fourth-order valence-corrected chi connectivity index (χ4v) is 4.85. The van der Waals surface area contributed by atoms with Crippen molar-refractivity contribution in [3.8, 4) is 11.5 Å². The fraction of sp³-hybridized carbons (Fsp3) is 0.200. The van der Waals surface area contributed by atoms with Crippen LogP contribution >= 0.6 is 27.5 Å². The van der Waals surface area contributed by atoms with Gasteiger partial charge in [0.05, 0.1) is 16.8 Å². The molecule has 2 N–H and O–H groups in total. The summed E-state index contributed by atoms with van der Waals surface area (Å²) >= 11 is 9.64. The molecule has 0 unspecified atom stereocenters. The van der Waals surface area contributed by atoms with E-state index in [-0.39, 0.29) is 41.9 Å². The minimum Gasteiger partial charge on any atom is -0.490 e. The SMILES string of the molecule is CCOc1cc(/C=C2/C(=O)NC(=O)N(c3cccc(Cl)c3C)C2=O)cc(Br)c1OCC(=O)Nc1ccc(C)c(C)c1. The molecule has 0 atom stereocenters. The van der Waals surface area contributed by atoms with Gasteiger partial charge in [-0.3, -0.25) is 19.7 Å². The van der Waals surface area contributed by atoms with E-state index >= 15 is 0 Å². The van der Waals surface area contributed by atoms with Gasteiger partial charge in [0, 0.05) is 10.7 Å². The molecule has 1 fully saturated rings. The van der Waals surface area contributed by atoms with Gasteiger partial charge in [0.25, 0.3) is 17.7 Å². The summed E-state index contributed by atoms with van der Waals surface area (Å²) in [6.45, 7) is 7.40. The smallest absolute Gasteiger partial charge is 0.335 e. The highest BCUT2D eigenvalue weighted by atomic mass is 79.9. The molecule has 4 rings (SSSR count). The van der Waals surface area contributed by atoms with Gasteiger partial charge in [-0.2, -0.15) is 0 Å². The van der Waals surface area contributed by atoms with Gasteiger partial charge in [-0.15, -0.1) is 0 Å². The Kier molecular flexibility index (Phi) is 9.14. The molecule has 3 aromatic rings. The van der Waals surface area contributed by atoms with Crippen LogP contribution in [0.1, 0.15) is 29.2 Å². The van der Waals surface area contributed by atoms with Crippen molar-refractivity contribution in [2.24, 2.45) is 0 Å². The molecule has 1 heterocycles. The van der Waals surface area contributed by atoms with Crippen molar-refractivity contribution in [2.75, 3.05) is 23.4 Å². The normalized spacial score (nSPS) is 14.2. The first-order chi connectivity index (χ1) is 19.5. The molecule has 1 saturated heterocycles. The topological polar surface area (TPSA) is 114 Å². The molecule has 5 amide bonds. The number of halogens is 2. The Balaban J connectivity index is 1.59. The van der Waals surface area contributed by atoms with Crippen LogP contribution in [0.5, 0.6) is 11.5 Å². The number of amides is 5. The van der Waals surface area contributed by atoms with E-state index < -0.39 is 17.8 Å². The molecule has 9 nitrogen and oxygen atoms in total. The third kappa shape index (κ3) is 6.61. The van der Waals surface area contributed by atoms with Gasteiger partial charge in [-0.05, 0) is 108 Å². The number of carbonyl (C=O) groups excluding carboxylic acids is 4. The number of hydrogen-bond acceptors (Lipinski definition) is 6. The van der Waals surface area contributed by atoms with Gasteiger partial charge in [0.1, 0.15) is 5.57 Å². The summed E-state index contributed by atoms with van der Waals surface area (Å²) in [6.07, 6.45) is 1.35. The molecular formula is C30H27BrClN3O6. The van der Waals surface area contributed by atoms with E-state index in [1.54, 1.807) is 44.2 Å². The number of carbonyl (C=O) groups is 4. The van der Waals surface area contributed by atoms with Crippen LogP contribution in [0.2, 0.25) is 5.02 Å². The molecule has 0 bridgehead atoms. The molecule has 0 aromatic heterocycles. The molecule has 1 aliphatic rings. The number of rotatable bonds is 8. The number of nitrogens with zero attached hydrogens (tertiary/aromatic N) is 1. The molecule has 0 saturated carbocycles. The average Bonchev–Trinajstić information content (AvgIpc) is 2.90. The van der Waals surface area contributed by atoms with Crippen LogP contribution < -0.4 is 25.0 Å². The summed E-state index contributed by atoms with van der Waals surface area (Å²) in [6, 6.07) is 12.7. The van der Waals surface area contributed by atoms with Gasteiger partial charge in [-0.25, -0.2) is 9.69 Å². The predicted molar refractivity (Wildman–Crippen MR) is 161 cm³/mol. The van der Waals surface area contributed by atoms with Crippen molar-refractivity contribution in [3.63, 3.8) is 0 Å². The largest absolute Gasteiger partial charge is 0.490 e. The number of nitrogens with one attached hydrogen (secondary N) is 2. The van der Waals surface area contributed by atoms with E-state index in [4.69, 9.17) is 21.1 Å². The van der Waals surface area contributed by atoms with Crippen LogP contribution in [-0.2, 0) is 14.4 Å². The molecule has 0 aliphatic carbocycles. The number of benzene rings is 3. The number of ether oxygens (including phenoxy) is 2. The Bertz CT molecular complexity index is 1600. The summed E-state index contributed by atoms with van der Waals surface area (Å²) in [5.74, 6) is -1.45. The predicted octanol–water partition coefficient (Wildman–Crippen LogP) is 6.11. The molecule has 0 radical (unpaired) electrons. The fourth-order valence-electron chi connectivity index (χ4n) is 4.11. The minimum atomic E-state index is -0.874. The standard InChI is InChI=1S/C30H27BrClN3O6/c1-5-40-25-14-19(13-22(31)27(25)41-15-26(36)33-20-10-9-16(2)17(3)11-20)12-21-28(37)34-30(39)35(29(21)38)24-8-6-7-23(32)18(24)4/h6-14H,5,15H2,1-4H3,(H,33,36)(H,34,37,39)/b21-12-. The second-order valence-corrected chi connectivity index (χ2v) is 10.5. The van der Waals surface area contributed by atoms with Gasteiger partial charge < -0.3 is 14.8 Å². The lowest BCUT2D eigenvalue weighted by Gasteiger charge is -2.27. The summed E-state index contributed by atoms with van der Waals surface area (Å²) in [7, 11) is 0. The van der Waals surface area contributed by atoms with Crippen molar-refractivity contribution in [1.82, 2.24) is 5.32 Å². The number of aryl methyl sites for hydroxylation is 2. The summed E-state index contributed by atoms with van der Waals surface area (Å²) < 4.78 is 12.0. The van der Waals surface area contributed by atoms with Crippen LogP contribution in [-0.4, -0.2) is 37.0 Å². The van der Waals surface area contributed by atoms with Crippen molar-refractivity contribution >= 4 is 68.7 Å². The Morgan fingerprint density at radius 3 is 2.51 bits per heavy atom. The van der Waals surface area contributed by atoms with Crippen molar-refractivity contribution in [1.29, 1.82) is 0 Å². The van der Waals surface area contributed by atoms with E-state index in [2.05, 4.69) is 26.6 Å². The number of hydrogen-bond donors (Lipinski definition) is 2. The lowest BCUT2D eigenvalue weighted by atomic mass is 10.1. The lowest BCUT2D eigenvalue weighted by Crippen LogP contribution is -2.54. The van der Waals surface area contributed by atoms with E-state index in [1.165, 1.54) is 6.08 Å². The first-order valence-corrected chi connectivity index (χ1v) is 13.8. The lowest BCUT2D eigenvalue weighted by molar-refractivity contribution is -0.122. The Labute approximate surface area is 250 Å². The number of anilines is 2. The maximum Gasteiger partial charge on any atom is 0.335 e. The monoisotopic (exact) mass is 639 g/mol. The van der Waals surface area contributed by atoms with Gasteiger partial charge in [0.15, 0.2) is 18.1 Å². The third-order valence-corrected chi connectivity index (χ3v) is 7.36. The van der Waals surface area contributed by atoms with Crippen LogP contribution in [0.3, 0.4) is 0 Å². The highest BCUT2D eigenvalue weighted by Crippen LogP contribution is 2.38. The maximum absolute atomic E-state index is 13.4. The van der Waals surface area contributed by atoms with Crippen LogP contribution in [0.25, 0.3) is 6.08 Å². The third-order valence-electron chi connectivity index (χ3n) is 6.36. The Morgan fingerprint density at radius 2 is 1.80 bits per heavy atom. The molecule has 41 heavy (non-hydrogen) atoms. The summed E-state index contributed by atoms with van der Waals surface area (Å²) in [4.78, 5) is 52.1. The van der Waals surface area contributed by atoms with Crippen molar-refractivity contribution in [2.45, 2.75) is 27.7 Å². The van der Waals surface area contributed by atoms with Crippen LogP contribution in [0, 0.1) is 20.8 Å². The van der Waals surface area contributed by atoms with E-state index in [9.17, 15) is 19.2 Å². The highest BCUT2D eigenvalue weighted by molar-refractivity contribution is 9.10. The quantitative estimate of drug-likeness (QED) is 0.227. The second-order valence-electron chi connectivity index (χ2n) is 9.24. The molecule has 212 valence electrons. The van der Waals surface area contributed by atoms with Crippen molar-refractivity contribution < 1.29 is 28.7 Å². The van der Waals surface area contributed by atoms with E-state index in [0.717, 1.165) is 16.0 Å². The van der Waals surface area contributed by atoms with Crippen LogP contribution in [0.15, 0.2) is 58.6 Å². The van der Waals surface area contributed by atoms with E-state index in [1.807, 2.05) is 32.0 Å². The minimum absolute atomic E-state index is 0.261. The number of barbiturate groups is 1. The zero-order valence-electron chi connectivity index (χ0n) is 22.8. The number of urea groups is 1. The first-order valence-electron chi connectivity index (χ1n) is 12.6. The maximum atomic E-state index is 13.4. The molecule has 3 aromatic carbocycles. The van der Waals surface area contributed by atoms with Crippen LogP contribution in [0.4, 0.5) is 16.2 Å². The highest BCUT2D eigenvalue weighted by Gasteiger charge is 2.37. The summed E-state index contributed by atoms with van der Waals surface area (Å²) in [5.41, 5.74) is 3.75. The Hall–Kier alpha value is -4.15. The van der Waals surface area contributed by atoms with Gasteiger partial charge in [-0.1, -0.05) is 23.7 Å². The molecule has 11 heteroatoms. The molecule has 0 spiro atoms. The van der Waals surface area contributed by atoms with Gasteiger partial charge >= 0.3 is 6.03 Å². The molecule has 1 aliphatic heterocycles. The zero-order valence-corrected chi connectivity index (χ0v) is 25.1. The second kappa shape index (κ2) is 12.6.